The molecule has 3 N–H and O–H groups in total. The SMILES string of the molecule is COc1ccc(C[C@@](C)(O)CNC(=O)NCc2ccc(OC)c(OC)c2)cc1. The van der Waals surface area contributed by atoms with E-state index in [1.807, 2.05) is 30.3 Å². The summed E-state index contributed by atoms with van der Waals surface area (Å²) in [5.74, 6) is 1.99. The second kappa shape index (κ2) is 9.85. The van der Waals surface area contributed by atoms with Crippen molar-refractivity contribution in [2.75, 3.05) is 27.9 Å². The molecule has 0 bridgehead atoms. The van der Waals surface area contributed by atoms with Gasteiger partial charge >= 0.3 is 6.03 Å². The second-order valence-corrected chi connectivity index (χ2v) is 6.75. The predicted molar refractivity (Wildman–Crippen MR) is 107 cm³/mol. The van der Waals surface area contributed by atoms with Gasteiger partial charge in [-0.05, 0) is 42.3 Å². The zero-order chi connectivity index (χ0) is 20.6. The predicted octanol–water partition coefficient (Wildman–Crippen LogP) is 2.51. The highest BCUT2D eigenvalue weighted by molar-refractivity contribution is 5.73. The maximum absolute atomic E-state index is 12.1. The number of carbonyl (C=O) groups is 1. The van der Waals surface area contributed by atoms with Crippen molar-refractivity contribution in [2.24, 2.45) is 0 Å². The molecule has 0 spiro atoms. The molecule has 0 aliphatic heterocycles. The number of urea groups is 1. The number of benzene rings is 2. The molecule has 0 aliphatic rings. The highest BCUT2D eigenvalue weighted by atomic mass is 16.5. The normalized spacial score (nSPS) is 12.6. The van der Waals surface area contributed by atoms with E-state index < -0.39 is 5.60 Å². The Bertz CT molecular complexity index is 775. The Morgan fingerprint density at radius 2 is 1.57 bits per heavy atom. The van der Waals surface area contributed by atoms with Crippen LogP contribution in [0.5, 0.6) is 17.2 Å². The van der Waals surface area contributed by atoms with E-state index in [9.17, 15) is 9.90 Å². The number of hydrogen-bond acceptors (Lipinski definition) is 5. The number of hydrogen-bond donors (Lipinski definition) is 3. The van der Waals surface area contributed by atoms with Gasteiger partial charge in [-0.1, -0.05) is 18.2 Å². The van der Waals surface area contributed by atoms with Gasteiger partial charge in [0.25, 0.3) is 0 Å². The molecule has 0 aliphatic carbocycles. The molecular formula is C21H28N2O5. The van der Waals surface area contributed by atoms with Gasteiger partial charge in [-0.2, -0.15) is 0 Å². The third-order valence-electron chi connectivity index (χ3n) is 4.27. The van der Waals surface area contributed by atoms with Crippen LogP contribution in [0.4, 0.5) is 4.79 Å². The smallest absolute Gasteiger partial charge is 0.315 e. The van der Waals surface area contributed by atoms with Crippen molar-refractivity contribution in [1.29, 1.82) is 0 Å². The number of ether oxygens (including phenoxy) is 3. The molecule has 0 fully saturated rings. The Morgan fingerprint density at radius 1 is 0.929 bits per heavy atom. The van der Waals surface area contributed by atoms with Crippen LogP contribution in [0.25, 0.3) is 0 Å². The number of aliphatic hydroxyl groups is 1. The van der Waals surface area contributed by atoms with Crippen molar-refractivity contribution < 1.29 is 24.1 Å². The van der Waals surface area contributed by atoms with Crippen molar-refractivity contribution in [2.45, 2.75) is 25.5 Å². The van der Waals surface area contributed by atoms with Gasteiger partial charge in [-0.25, -0.2) is 4.79 Å². The molecule has 7 nitrogen and oxygen atoms in total. The van der Waals surface area contributed by atoms with Gasteiger partial charge in [0.1, 0.15) is 5.75 Å². The number of carbonyl (C=O) groups excluding carboxylic acids is 1. The molecule has 2 aromatic rings. The van der Waals surface area contributed by atoms with Gasteiger partial charge < -0.3 is 30.0 Å². The Hall–Kier alpha value is -2.93. The first-order valence-corrected chi connectivity index (χ1v) is 8.95. The summed E-state index contributed by atoms with van der Waals surface area (Å²) in [7, 11) is 4.74. The molecule has 2 amide bonds. The number of amides is 2. The summed E-state index contributed by atoms with van der Waals surface area (Å²) in [4.78, 5) is 12.1. The van der Waals surface area contributed by atoms with Crippen LogP contribution >= 0.6 is 0 Å². The fourth-order valence-electron chi connectivity index (χ4n) is 2.75. The Balaban J connectivity index is 1.82. The van der Waals surface area contributed by atoms with Crippen molar-refractivity contribution in [3.05, 3.63) is 53.6 Å². The van der Waals surface area contributed by atoms with Crippen LogP contribution in [-0.2, 0) is 13.0 Å². The number of rotatable bonds is 9. The quantitative estimate of drug-likeness (QED) is 0.614. The fourth-order valence-corrected chi connectivity index (χ4v) is 2.75. The lowest BCUT2D eigenvalue weighted by Gasteiger charge is -2.24. The molecule has 0 saturated heterocycles. The fraction of sp³-hybridized carbons (Fsp3) is 0.381. The number of methoxy groups -OCH3 is 3. The Labute approximate surface area is 165 Å². The monoisotopic (exact) mass is 388 g/mol. The van der Waals surface area contributed by atoms with E-state index in [4.69, 9.17) is 14.2 Å². The van der Waals surface area contributed by atoms with Crippen molar-refractivity contribution >= 4 is 6.03 Å². The number of nitrogens with one attached hydrogen (secondary N) is 2. The highest BCUT2D eigenvalue weighted by Crippen LogP contribution is 2.27. The first kappa shape index (κ1) is 21.4. The van der Waals surface area contributed by atoms with Gasteiger partial charge in [0, 0.05) is 19.5 Å². The van der Waals surface area contributed by atoms with Gasteiger partial charge in [0.15, 0.2) is 11.5 Å². The van der Waals surface area contributed by atoms with E-state index in [1.54, 1.807) is 40.4 Å². The second-order valence-electron chi connectivity index (χ2n) is 6.75. The molecule has 28 heavy (non-hydrogen) atoms. The molecule has 0 aromatic heterocycles. The molecule has 152 valence electrons. The first-order valence-electron chi connectivity index (χ1n) is 8.95. The van der Waals surface area contributed by atoms with Crippen LogP contribution in [0.15, 0.2) is 42.5 Å². The third-order valence-corrected chi connectivity index (χ3v) is 4.27. The maximum atomic E-state index is 12.1. The van der Waals surface area contributed by atoms with Crippen molar-refractivity contribution in [3.8, 4) is 17.2 Å². The minimum atomic E-state index is -1.07. The van der Waals surface area contributed by atoms with Crippen LogP contribution in [0.1, 0.15) is 18.1 Å². The average Bonchev–Trinajstić information content (AvgIpc) is 2.70. The summed E-state index contributed by atoms with van der Waals surface area (Å²) < 4.78 is 15.6. The summed E-state index contributed by atoms with van der Waals surface area (Å²) in [6.45, 7) is 2.13. The van der Waals surface area contributed by atoms with E-state index >= 15 is 0 Å². The third kappa shape index (κ3) is 6.35. The zero-order valence-corrected chi connectivity index (χ0v) is 16.7. The molecule has 7 heteroatoms. The molecule has 0 radical (unpaired) electrons. The lowest BCUT2D eigenvalue weighted by molar-refractivity contribution is 0.0624. The van der Waals surface area contributed by atoms with Crippen LogP contribution < -0.4 is 24.8 Å². The summed E-state index contributed by atoms with van der Waals surface area (Å²) >= 11 is 0. The molecule has 0 heterocycles. The standard InChI is InChI=1S/C21H28N2O5/c1-21(25,12-15-5-8-17(26-2)9-6-15)14-23-20(24)22-13-16-7-10-18(27-3)19(11-16)28-4/h5-11,25H,12-14H2,1-4H3,(H2,22,23,24)/t21-/m1/s1. The van der Waals surface area contributed by atoms with Gasteiger partial charge in [0.2, 0.25) is 0 Å². The topological polar surface area (TPSA) is 89.1 Å². The largest absolute Gasteiger partial charge is 0.497 e. The Morgan fingerprint density at radius 3 is 2.18 bits per heavy atom. The van der Waals surface area contributed by atoms with Crippen molar-refractivity contribution in [3.63, 3.8) is 0 Å². The summed E-state index contributed by atoms with van der Waals surface area (Å²) in [6.07, 6.45) is 0.410. The van der Waals surface area contributed by atoms with Crippen molar-refractivity contribution in [1.82, 2.24) is 10.6 Å². The lowest BCUT2D eigenvalue weighted by Crippen LogP contribution is -2.45. The maximum Gasteiger partial charge on any atom is 0.315 e. The summed E-state index contributed by atoms with van der Waals surface area (Å²) in [5.41, 5.74) is 0.756. The Kier molecular flexibility index (Phi) is 7.52. The van der Waals surface area contributed by atoms with E-state index in [0.717, 1.165) is 16.9 Å². The van der Waals surface area contributed by atoms with Crippen LogP contribution in [0.3, 0.4) is 0 Å². The summed E-state index contributed by atoms with van der Waals surface area (Å²) in [5, 5.41) is 16.0. The van der Waals surface area contributed by atoms with E-state index in [1.165, 1.54) is 0 Å². The molecule has 2 rings (SSSR count). The molecule has 0 unspecified atom stereocenters. The zero-order valence-electron chi connectivity index (χ0n) is 16.7. The molecule has 1 atom stereocenters. The van der Waals surface area contributed by atoms with Gasteiger partial charge in [-0.15, -0.1) is 0 Å². The molecule has 0 saturated carbocycles. The summed E-state index contributed by atoms with van der Waals surface area (Å²) in [6, 6.07) is 12.6. The van der Waals surface area contributed by atoms with Crippen LogP contribution in [0.2, 0.25) is 0 Å². The van der Waals surface area contributed by atoms with Crippen LogP contribution in [0, 0.1) is 0 Å². The van der Waals surface area contributed by atoms with E-state index in [2.05, 4.69) is 10.6 Å². The average molecular weight is 388 g/mol. The van der Waals surface area contributed by atoms with E-state index in [-0.39, 0.29) is 12.6 Å². The minimum Gasteiger partial charge on any atom is -0.497 e. The van der Waals surface area contributed by atoms with Gasteiger partial charge in [-0.3, -0.25) is 0 Å². The minimum absolute atomic E-state index is 0.122. The van der Waals surface area contributed by atoms with E-state index in [0.29, 0.717) is 24.5 Å². The first-order chi connectivity index (χ1) is 13.4. The molecule has 2 aromatic carbocycles. The highest BCUT2D eigenvalue weighted by Gasteiger charge is 2.22. The molecular weight excluding hydrogens is 360 g/mol. The van der Waals surface area contributed by atoms with Crippen LogP contribution in [-0.4, -0.2) is 44.6 Å². The lowest BCUT2D eigenvalue weighted by atomic mass is 9.96. The van der Waals surface area contributed by atoms with Gasteiger partial charge in [0.05, 0.1) is 26.9 Å².